The Morgan fingerprint density at radius 2 is 1.95 bits per heavy atom. The molecule has 0 aliphatic heterocycles. The minimum Gasteiger partial charge on any atom is -0.291 e. The number of carbonyl (C=O) groups excluding carboxylic acids is 1. The van der Waals surface area contributed by atoms with E-state index in [1.54, 1.807) is 30.1 Å². The SMILES string of the molecule is C=S(=O)(CC1CCC2=Cc3c(cnn3-c3ccc(F)cc3)C[C@]2(C(=O)c2cc(C(F)(F)F)ccn2)C1)c1ncn(C)n1. The summed E-state index contributed by atoms with van der Waals surface area (Å²) in [6.07, 6.45) is 2.68. The van der Waals surface area contributed by atoms with E-state index in [0.717, 1.165) is 23.9 Å². The van der Waals surface area contributed by atoms with Gasteiger partial charge in [0.15, 0.2) is 5.78 Å². The van der Waals surface area contributed by atoms with Gasteiger partial charge in [0.05, 0.1) is 28.6 Å². The summed E-state index contributed by atoms with van der Waals surface area (Å²) in [6, 6.07) is 7.45. The van der Waals surface area contributed by atoms with E-state index in [-0.39, 0.29) is 35.4 Å². The highest BCUT2D eigenvalue weighted by atomic mass is 32.2. The Labute approximate surface area is 239 Å². The van der Waals surface area contributed by atoms with Crippen LogP contribution in [0.1, 0.15) is 46.6 Å². The van der Waals surface area contributed by atoms with Gasteiger partial charge in [-0.3, -0.25) is 18.7 Å². The summed E-state index contributed by atoms with van der Waals surface area (Å²) in [5.41, 5.74) is 0.328. The molecule has 1 fully saturated rings. The van der Waals surface area contributed by atoms with Crippen LogP contribution in [-0.2, 0) is 29.2 Å². The molecule has 0 bridgehead atoms. The molecular weight excluding hydrogens is 572 g/mol. The van der Waals surface area contributed by atoms with Crippen LogP contribution in [0.5, 0.6) is 0 Å². The molecule has 0 N–H and O–H groups in total. The zero-order chi connectivity index (χ0) is 29.9. The van der Waals surface area contributed by atoms with Crippen LogP contribution in [-0.4, -0.2) is 51.1 Å². The first-order chi connectivity index (χ1) is 19.9. The summed E-state index contributed by atoms with van der Waals surface area (Å²) in [5.74, 6) is 2.86. The summed E-state index contributed by atoms with van der Waals surface area (Å²) < 4.78 is 70.9. The number of nitrogens with zero attached hydrogens (tertiary/aromatic N) is 6. The second-order valence-corrected chi connectivity index (χ2v) is 13.2. The van der Waals surface area contributed by atoms with Gasteiger partial charge in [-0.15, -0.1) is 5.10 Å². The van der Waals surface area contributed by atoms with Crippen molar-refractivity contribution in [3.63, 3.8) is 0 Å². The maximum atomic E-state index is 14.3. The first kappa shape index (κ1) is 28.0. The lowest BCUT2D eigenvalue weighted by molar-refractivity contribution is -0.137. The van der Waals surface area contributed by atoms with E-state index in [9.17, 15) is 26.6 Å². The maximum Gasteiger partial charge on any atom is 0.416 e. The van der Waals surface area contributed by atoms with Crippen LogP contribution in [0.3, 0.4) is 0 Å². The number of allylic oxidation sites excluding steroid dienone is 1. The first-order valence-corrected chi connectivity index (χ1v) is 15.1. The number of fused-ring (bicyclic) bond motifs is 2. The zero-order valence-electron chi connectivity index (χ0n) is 22.5. The molecule has 1 aromatic carbocycles. The number of halogens is 4. The number of alkyl halides is 3. The molecule has 1 saturated carbocycles. The molecule has 218 valence electrons. The second-order valence-electron chi connectivity index (χ2n) is 10.9. The van der Waals surface area contributed by atoms with Crippen molar-refractivity contribution in [3.8, 4) is 5.69 Å². The monoisotopic (exact) mass is 598 g/mol. The van der Waals surface area contributed by atoms with Crippen LogP contribution in [0.15, 0.2) is 65.8 Å². The minimum atomic E-state index is -4.64. The van der Waals surface area contributed by atoms with Gasteiger partial charge in [-0.1, -0.05) is 5.57 Å². The average Bonchev–Trinajstić information content (AvgIpc) is 3.57. The fourth-order valence-corrected chi connectivity index (χ4v) is 7.78. The second kappa shape index (κ2) is 10.0. The molecule has 0 spiro atoms. The van der Waals surface area contributed by atoms with Gasteiger partial charge < -0.3 is 0 Å². The molecule has 4 aromatic rings. The number of hydrogen-bond donors (Lipinski definition) is 0. The molecule has 3 atom stereocenters. The predicted octanol–water partition coefficient (Wildman–Crippen LogP) is 4.94. The Bertz CT molecular complexity index is 1820. The standard InChI is InChI=1S/C29H26F4N6O2S/c1-38-17-35-27(37-38)42(2,41)16-18-3-4-20-12-25-19(15-36-39(25)23-7-5-22(30)6-8-23)14-28(20,13-18)26(40)24-11-21(9-10-34-24)29(31,32)33/h5-12,15,17-18H,2-4,13-14,16H2,1H3/t18?,28-,42?/m1/s1. The Hall–Kier alpha value is -4.13. The van der Waals surface area contributed by atoms with Gasteiger partial charge in [-0.25, -0.2) is 14.1 Å². The van der Waals surface area contributed by atoms with Crippen molar-refractivity contribution in [2.45, 2.75) is 37.0 Å². The van der Waals surface area contributed by atoms with Crippen LogP contribution >= 0.6 is 0 Å². The highest BCUT2D eigenvalue weighted by Crippen LogP contribution is 2.52. The number of benzene rings is 1. The largest absolute Gasteiger partial charge is 0.416 e. The molecule has 6 rings (SSSR count). The molecule has 2 aliphatic rings. The van der Waals surface area contributed by atoms with Crippen molar-refractivity contribution < 1.29 is 26.6 Å². The molecule has 0 radical (unpaired) electrons. The van der Waals surface area contributed by atoms with Crippen molar-refractivity contribution in [3.05, 3.63) is 89.0 Å². The Morgan fingerprint density at radius 3 is 2.64 bits per heavy atom. The highest BCUT2D eigenvalue weighted by Gasteiger charge is 2.50. The topological polar surface area (TPSA) is 95.6 Å². The number of rotatable bonds is 6. The number of carbonyl (C=O) groups is 1. The van der Waals surface area contributed by atoms with Crippen molar-refractivity contribution in [2.24, 2.45) is 18.4 Å². The van der Waals surface area contributed by atoms with Crippen molar-refractivity contribution >= 4 is 27.3 Å². The van der Waals surface area contributed by atoms with Crippen LogP contribution < -0.4 is 0 Å². The molecular formula is C29H26F4N6O2S. The van der Waals surface area contributed by atoms with Crippen molar-refractivity contribution in [1.29, 1.82) is 0 Å². The fourth-order valence-electron chi connectivity index (χ4n) is 6.06. The lowest BCUT2D eigenvalue weighted by Gasteiger charge is -2.44. The van der Waals surface area contributed by atoms with E-state index in [1.165, 1.54) is 23.1 Å². The summed E-state index contributed by atoms with van der Waals surface area (Å²) in [5, 5.41) is 8.77. The predicted molar refractivity (Wildman–Crippen MR) is 148 cm³/mol. The first-order valence-electron chi connectivity index (χ1n) is 13.2. The smallest absolute Gasteiger partial charge is 0.291 e. The summed E-state index contributed by atoms with van der Waals surface area (Å²) in [4.78, 5) is 22.5. The summed E-state index contributed by atoms with van der Waals surface area (Å²) in [6.45, 7) is 0. The highest BCUT2D eigenvalue weighted by molar-refractivity contribution is 8.00. The Morgan fingerprint density at radius 1 is 1.19 bits per heavy atom. The van der Waals surface area contributed by atoms with Gasteiger partial charge in [0.2, 0.25) is 5.16 Å². The third kappa shape index (κ3) is 4.95. The van der Waals surface area contributed by atoms with Gasteiger partial charge in [0.1, 0.15) is 17.8 Å². The van der Waals surface area contributed by atoms with Crippen molar-refractivity contribution in [1.82, 2.24) is 29.5 Å². The molecule has 42 heavy (non-hydrogen) atoms. The zero-order valence-corrected chi connectivity index (χ0v) is 23.3. The van der Waals surface area contributed by atoms with E-state index >= 15 is 0 Å². The van der Waals surface area contributed by atoms with Crippen LogP contribution in [0, 0.1) is 17.2 Å². The minimum absolute atomic E-state index is 0.122. The van der Waals surface area contributed by atoms with E-state index in [0.29, 0.717) is 29.8 Å². The van der Waals surface area contributed by atoms with Gasteiger partial charge in [0.25, 0.3) is 0 Å². The number of ketones is 1. The van der Waals surface area contributed by atoms with E-state index < -0.39 is 38.3 Å². The average molecular weight is 599 g/mol. The van der Waals surface area contributed by atoms with E-state index in [2.05, 4.69) is 26.0 Å². The summed E-state index contributed by atoms with van der Waals surface area (Å²) >= 11 is 0. The van der Waals surface area contributed by atoms with Gasteiger partial charge in [-0.2, -0.15) is 18.3 Å². The maximum absolute atomic E-state index is 14.3. The lowest BCUT2D eigenvalue weighted by Crippen LogP contribution is -2.43. The summed E-state index contributed by atoms with van der Waals surface area (Å²) in [7, 11) is -1.24. The van der Waals surface area contributed by atoms with Crippen LogP contribution in [0.25, 0.3) is 11.8 Å². The number of aromatic nitrogens is 6. The van der Waals surface area contributed by atoms with Crippen LogP contribution in [0.2, 0.25) is 0 Å². The fraction of sp³-hybridized carbons (Fsp3) is 0.310. The third-order valence-corrected chi connectivity index (χ3v) is 9.87. The van der Waals surface area contributed by atoms with Crippen LogP contribution in [0.4, 0.5) is 17.6 Å². The van der Waals surface area contributed by atoms with Gasteiger partial charge >= 0.3 is 6.18 Å². The van der Waals surface area contributed by atoms with Gasteiger partial charge in [0, 0.05) is 28.5 Å². The number of pyridine rings is 1. The van der Waals surface area contributed by atoms with Gasteiger partial charge in [-0.05, 0) is 85.5 Å². The molecule has 13 heteroatoms. The molecule has 3 aromatic heterocycles. The molecule has 2 unspecified atom stereocenters. The quantitative estimate of drug-likeness (QED) is 0.177. The van der Waals surface area contributed by atoms with Crippen molar-refractivity contribution in [2.75, 3.05) is 5.75 Å². The van der Waals surface area contributed by atoms with E-state index in [4.69, 9.17) is 0 Å². The third-order valence-electron chi connectivity index (χ3n) is 8.01. The van der Waals surface area contributed by atoms with E-state index in [1.807, 2.05) is 6.08 Å². The molecule has 8 nitrogen and oxygen atoms in total. The molecule has 3 heterocycles. The number of hydrogen-bond acceptors (Lipinski definition) is 6. The number of Topliss-reactive ketones (excluding diaryl/α,β-unsaturated/α-hetero) is 1. The lowest BCUT2D eigenvalue weighted by atomic mass is 9.59. The normalized spacial score (nSPS) is 21.6. The Kier molecular flexibility index (Phi) is 6.67. The molecule has 0 saturated heterocycles. The Balaban J connectivity index is 1.42. The number of aryl methyl sites for hydroxylation is 1. The molecule has 2 aliphatic carbocycles. The molecule has 0 amide bonds.